The molecule has 0 atom stereocenters. The van der Waals surface area contributed by atoms with Gasteiger partial charge < -0.3 is 4.98 Å². The maximum absolute atomic E-state index is 4.93. The van der Waals surface area contributed by atoms with Crippen LogP contribution in [0.15, 0.2) is 79.0 Å². The van der Waals surface area contributed by atoms with Crippen LogP contribution in [0.1, 0.15) is 0 Å². The van der Waals surface area contributed by atoms with E-state index in [1.54, 1.807) is 0 Å². The van der Waals surface area contributed by atoms with Gasteiger partial charge in [-0.05, 0) is 18.2 Å². The minimum atomic E-state index is 0.694. The maximum Gasteiger partial charge on any atom is 0.235 e. The second-order valence-electron chi connectivity index (χ2n) is 6.47. The molecule has 3 aromatic heterocycles. The predicted molar refractivity (Wildman–Crippen MR) is 106 cm³/mol. The monoisotopic (exact) mass is 334 g/mol. The molecule has 6 aromatic rings. The molecule has 0 bridgehead atoms. The van der Waals surface area contributed by atoms with Crippen LogP contribution < -0.4 is 0 Å². The second kappa shape index (κ2) is 4.92. The molecule has 0 aliphatic rings. The zero-order valence-electron chi connectivity index (χ0n) is 13.8. The summed E-state index contributed by atoms with van der Waals surface area (Å²) >= 11 is 0. The van der Waals surface area contributed by atoms with Crippen molar-refractivity contribution < 1.29 is 0 Å². The Kier molecular flexibility index (Phi) is 2.58. The third-order valence-electron chi connectivity index (χ3n) is 5.01. The lowest BCUT2D eigenvalue weighted by atomic mass is 10.2. The van der Waals surface area contributed by atoms with Gasteiger partial charge in [0.05, 0.1) is 22.7 Å². The van der Waals surface area contributed by atoms with Gasteiger partial charge in [-0.3, -0.25) is 4.57 Å². The standard InChI is InChI=1S/C22H14N4/c1-4-10-17-16(9-1)21-18(24-17)13-23-22(25-21)26-19-11-5-2-7-14(19)15-8-3-6-12-20(15)26/h1-13,24H. The molecule has 3 heterocycles. The van der Waals surface area contributed by atoms with E-state index in [9.17, 15) is 0 Å². The summed E-state index contributed by atoms with van der Waals surface area (Å²) < 4.78 is 2.14. The van der Waals surface area contributed by atoms with Gasteiger partial charge in [-0.1, -0.05) is 54.6 Å². The van der Waals surface area contributed by atoms with Gasteiger partial charge in [-0.2, -0.15) is 0 Å². The summed E-state index contributed by atoms with van der Waals surface area (Å²) in [6.45, 7) is 0. The summed E-state index contributed by atoms with van der Waals surface area (Å²) in [6.07, 6.45) is 1.88. The summed E-state index contributed by atoms with van der Waals surface area (Å²) in [5.41, 5.74) is 5.22. The number of hydrogen-bond acceptors (Lipinski definition) is 2. The second-order valence-corrected chi connectivity index (χ2v) is 6.47. The van der Waals surface area contributed by atoms with Crippen molar-refractivity contribution in [2.75, 3.05) is 0 Å². The van der Waals surface area contributed by atoms with E-state index in [2.05, 4.69) is 75.2 Å². The number of nitrogens with one attached hydrogen (secondary N) is 1. The number of para-hydroxylation sites is 3. The number of nitrogens with zero attached hydrogens (tertiary/aromatic N) is 3. The number of fused-ring (bicyclic) bond motifs is 6. The molecule has 122 valence electrons. The van der Waals surface area contributed by atoms with Crippen LogP contribution in [0.4, 0.5) is 0 Å². The molecular formula is C22H14N4. The van der Waals surface area contributed by atoms with E-state index < -0.39 is 0 Å². The molecule has 1 N–H and O–H groups in total. The third-order valence-corrected chi connectivity index (χ3v) is 5.01. The van der Waals surface area contributed by atoms with Gasteiger partial charge in [0.25, 0.3) is 0 Å². The highest BCUT2D eigenvalue weighted by Crippen LogP contribution is 2.31. The lowest BCUT2D eigenvalue weighted by molar-refractivity contribution is 1.01. The first-order chi connectivity index (χ1) is 12.9. The molecule has 0 aliphatic carbocycles. The van der Waals surface area contributed by atoms with Crippen LogP contribution in [-0.2, 0) is 0 Å². The lowest BCUT2D eigenvalue weighted by Gasteiger charge is -2.05. The minimum Gasteiger partial charge on any atom is -0.352 e. The van der Waals surface area contributed by atoms with Crippen LogP contribution >= 0.6 is 0 Å². The zero-order chi connectivity index (χ0) is 17.1. The van der Waals surface area contributed by atoms with E-state index in [4.69, 9.17) is 4.98 Å². The Bertz CT molecular complexity index is 1390. The number of rotatable bonds is 1. The molecular weight excluding hydrogens is 320 g/mol. The van der Waals surface area contributed by atoms with Crippen LogP contribution in [0.25, 0.3) is 49.7 Å². The van der Waals surface area contributed by atoms with Crippen LogP contribution in [0.2, 0.25) is 0 Å². The summed E-state index contributed by atoms with van der Waals surface area (Å²) in [7, 11) is 0. The summed E-state index contributed by atoms with van der Waals surface area (Å²) in [4.78, 5) is 13.0. The van der Waals surface area contributed by atoms with Gasteiger partial charge in [-0.25, -0.2) is 9.97 Å². The van der Waals surface area contributed by atoms with Crippen LogP contribution in [-0.4, -0.2) is 19.5 Å². The summed E-state index contributed by atoms with van der Waals surface area (Å²) in [5, 5.41) is 3.54. The average Bonchev–Trinajstić information content (AvgIpc) is 3.23. The normalized spacial score (nSPS) is 11.8. The summed E-state index contributed by atoms with van der Waals surface area (Å²) in [5.74, 6) is 0.694. The van der Waals surface area contributed by atoms with E-state index >= 15 is 0 Å². The Morgan fingerprint density at radius 3 is 2.00 bits per heavy atom. The van der Waals surface area contributed by atoms with Crippen molar-refractivity contribution in [2.24, 2.45) is 0 Å². The molecule has 0 amide bonds. The SMILES string of the molecule is c1ccc2c(c1)[nH]c1cnc(-n3c4ccccc4c4ccccc43)nc12. The predicted octanol–water partition coefficient (Wildman–Crippen LogP) is 5.21. The summed E-state index contributed by atoms with van der Waals surface area (Å²) in [6, 6.07) is 25.0. The quantitative estimate of drug-likeness (QED) is 0.449. The van der Waals surface area contributed by atoms with Crippen molar-refractivity contribution in [3.63, 3.8) is 0 Å². The number of H-pyrrole nitrogens is 1. The molecule has 0 unspecified atom stereocenters. The topological polar surface area (TPSA) is 46.5 Å². The van der Waals surface area contributed by atoms with Gasteiger partial charge in [0.15, 0.2) is 0 Å². The fraction of sp³-hybridized carbons (Fsp3) is 0. The van der Waals surface area contributed by atoms with E-state index in [1.807, 2.05) is 18.3 Å². The molecule has 4 nitrogen and oxygen atoms in total. The molecule has 0 saturated heterocycles. The van der Waals surface area contributed by atoms with E-state index in [-0.39, 0.29) is 0 Å². The van der Waals surface area contributed by atoms with E-state index in [1.165, 1.54) is 10.8 Å². The van der Waals surface area contributed by atoms with Gasteiger partial charge in [-0.15, -0.1) is 0 Å². The van der Waals surface area contributed by atoms with E-state index in [0.29, 0.717) is 5.95 Å². The van der Waals surface area contributed by atoms with Crippen LogP contribution in [0.3, 0.4) is 0 Å². The molecule has 0 spiro atoms. The van der Waals surface area contributed by atoms with Crippen LogP contribution in [0.5, 0.6) is 0 Å². The molecule has 0 saturated carbocycles. The van der Waals surface area contributed by atoms with E-state index in [0.717, 1.165) is 33.0 Å². The van der Waals surface area contributed by atoms with Gasteiger partial charge >= 0.3 is 0 Å². The number of aromatic amines is 1. The first kappa shape index (κ1) is 13.6. The van der Waals surface area contributed by atoms with Crippen LogP contribution in [0, 0.1) is 0 Å². The molecule has 6 rings (SSSR count). The Hall–Kier alpha value is -3.66. The Morgan fingerprint density at radius 2 is 1.27 bits per heavy atom. The fourth-order valence-corrected chi connectivity index (χ4v) is 3.86. The molecule has 0 fully saturated rings. The van der Waals surface area contributed by atoms with Gasteiger partial charge in [0, 0.05) is 21.7 Å². The first-order valence-corrected chi connectivity index (χ1v) is 8.62. The molecule has 0 aliphatic heterocycles. The zero-order valence-corrected chi connectivity index (χ0v) is 13.8. The van der Waals surface area contributed by atoms with Crippen molar-refractivity contribution in [1.29, 1.82) is 0 Å². The molecule has 3 aromatic carbocycles. The Morgan fingerprint density at radius 1 is 0.654 bits per heavy atom. The van der Waals surface area contributed by atoms with Gasteiger partial charge in [0.1, 0.15) is 5.52 Å². The highest BCUT2D eigenvalue weighted by molar-refractivity contribution is 6.09. The third kappa shape index (κ3) is 1.73. The van der Waals surface area contributed by atoms with Crippen molar-refractivity contribution in [3.8, 4) is 5.95 Å². The number of hydrogen-bond donors (Lipinski definition) is 1. The highest BCUT2D eigenvalue weighted by atomic mass is 15.2. The van der Waals surface area contributed by atoms with Gasteiger partial charge in [0.2, 0.25) is 5.95 Å². The van der Waals surface area contributed by atoms with Crippen molar-refractivity contribution in [2.45, 2.75) is 0 Å². The first-order valence-electron chi connectivity index (χ1n) is 8.62. The molecule has 0 radical (unpaired) electrons. The highest BCUT2D eigenvalue weighted by Gasteiger charge is 2.14. The Balaban J connectivity index is 1.76. The largest absolute Gasteiger partial charge is 0.352 e. The molecule has 4 heteroatoms. The minimum absolute atomic E-state index is 0.694. The fourth-order valence-electron chi connectivity index (χ4n) is 3.86. The van der Waals surface area contributed by atoms with Crippen molar-refractivity contribution in [1.82, 2.24) is 19.5 Å². The lowest BCUT2D eigenvalue weighted by Crippen LogP contribution is -2.00. The smallest absolute Gasteiger partial charge is 0.235 e. The Labute approximate surface area is 148 Å². The number of benzene rings is 3. The maximum atomic E-state index is 4.93. The number of aromatic nitrogens is 4. The molecule has 26 heavy (non-hydrogen) atoms. The van der Waals surface area contributed by atoms with Crippen molar-refractivity contribution in [3.05, 3.63) is 79.0 Å². The average molecular weight is 334 g/mol. The van der Waals surface area contributed by atoms with Crippen molar-refractivity contribution >= 4 is 43.7 Å².